The van der Waals surface area contributed by atoms with Gasteiger partial charge in [-0.1, -0.05) is 18.2 Å². The molecule has 0 radical (unpaired) electrons. The number of benzene rings is 1. The molecule has 4 nitrogen and oxygen atoms in total. The fourth-order valence-corrected chi connectivity index (χ4v) is 3.00. The van der Waals surface area contributed by atoms with Gasteiger partial charge in [-0.2, -0.15) is 0 Å². The van der Waals surface area contributed by atoms with Crippen molar-refractivity contribution in [3.63, 3.8) is 0 Å². The molecule has 0 unspecified atom stereocenters. The van der Waals surface area contributed by atoms with Crippen LogP contribution in [-0.2, 0) is 6.42 Å². The molecule has 104 valence electrons. The Labute approximate surface area is 121 Å². The van der Waals surface area contributed by atoms with Gasteiger partial charge in [0.1, 0.15) is 0 Å². The Balaban J connectivity index is 1.85. The van der Waals surface area contributed by atoms with Gasteiger partial charge in [0.15, 0.2) is 5.78 Å². The third kappa shape index (κ3) is 1.83. The molecule has 0 bridgehead atoms. The van der Waals surface area contributed by atoms with Crippen LogP contribution < -0.4 is 0 Å². The van der Waals surface area contributed by atoms with E-state index in [1.54, 1.807) is 6.33 Å². The molecule has 21 heavy (non-hydrogen) atoms. The first-order valence-corrected chi connectivity index (χ1v) is 7.09. The summed E-state index contributed by atoms with van der Waals surface area (Å²) in [4.78, 5) is 23.5. The standard InChI is InChI=1S/C17H15N3O/c1-10-15(19-9-18-10)8-11-6-7-14-16(17(11)21)12-4-2-3-5-13(12)20-14/h2-5,8-9,20H,6-7H2,1H3,(H,18,19)/b11-8-. The Morgan fingerprint density at radius 2 is 2.10 bits per heavy atom. The van der Waals surface area contributed by atoms with E-state index in [-0.39, 0.29) is 5.78 Å². The maximum Gasteiger partial charge on any atom is 0.191 e. The number of aromatic amines is 2. The quantitative estimate of drug-likeness (QED) is 0.669. The Hall–Kier alpha value is -2.62. The summed E-state index contributed by atoms with van der Waals surface area (Å²) in [7, 11) is 0. The van der Waals surface area contributed by atoms with Crippen molar-refractivity contribution in [3.05, 3.63) is 58.8 Å². The maximum atomic E-state index is 12.8. The number of carbonyl (C=O) groups is 1. The van der Waals surface area contributed by atoms with Crippen LogP contribution in [0.15, 0.2) is 36.2 Å². The summed E-state index contributed by atoms with van der Waals surface area (Å²) >= 11 is 0. The fourth-order valence-electron chi connectivity index (χ4n) is 3.00. The third-order valence-corrected chi connectivity index (χ3v) is 4.13. The Bertz CT molecular complexity index is 882. The molecule has 0 aliphatic heterocycles. The average Bonchev–Trinajstić information content (AvgIpc) is 3.06. The van der Waals surface area contributed by atoms with Gasteiger partial charge in [0, 0.05) is 27.9 Å². The van der Waals surface area contributed by atoms with E-state index in [1.165, 1.54) is 0 Å². The Kier molecular flexibility index (Phi) is 2.57. The van der Waals surface area contributed by atoms with E-state index >= 15 is 0 Å². The van der Waals surface area contributed by atoms with Gasteiger partial charge in [-0.3, -0.25) is 4.79 Å². The first kappa shape index (κ1) is 12.1. The van der Waals surface area contributed by atoms with Crippen molar-refractivity contribution in [2.45, 2.75) is 19.8 Å². The lowest BCUT2D eigenvalue weighted by Crippen LogP contribution is -2.13. The van der Waals surface area contributed by atoms with Crippen LogP contribution in [0, 0.1) is 6.92 Å². The third-order valence-electron chi connectivity index (χ3n) is 4.13. The van der Waals surface area contributed by atoms with Crippen LogP contribution in [0.25, 0.3) is 17.0 Å². The minimum atomic E-state index is 0.121. The van der Waals surface area contributed by atoms with Crippen molar-refractivity contribution in [2.75, 3.05) is 0 Å². The van der Waals surface area contributed by atoms with E-state index in [1.807, 2.05) is 37.3 Å². The van der Waals surface area contributed by atoms with E-state index in [4.69, 9.17) is 0 Å². The zero-order valence-corrected chi connectivity index (χ0v) is 11.7. The highest BCUT2D eigenvalue weighted by molar-refractivity contribution is 6.19. The summed E-state index contributed by atoms with van der Waals surface area (Å²) in [6, 6.07) is 7.98. The predicted molar refractivity (Wildman–Crippen MR) is 82.3 cm³/mol. The van der Waals surface area contributed by atoms with Gasteiger partial charge in [0.05, 0.1) is 17.6 Å². The van der Waals surface area contributed by atoms with Gasteiger partial charge >= 0.3 is 0 Å². The highest BCUT2D eigenvalue weighted by Gasteiger charge is 2.26. The SMILES string of the molecule is Cc1[nH]cnc1/C=C1/CCc2[nH]c3ccccc3c2C1=O. The summed E-state index contributed by atoms with van der Waals surface area (Å²) in [6.45, 7) is 1.96. The number of Topliss-reactive ketones (excluding diaryl/α,β-unsaturated/α-hetero) is 1. The van der Waals surface area contributed by atoms with Gasteiger partial charge in [0.25, 0.3) is 0 Å². The van der Waals surface area contributed by atoms with Crippen LogP contribution in [0.1, 0.15) is 33.9 Å². The van der Waals surface area contributed by atoms with Gasteiger partial charge in [-0.15, -0.1) is 0 Å². The number of para-hydroxylation sites is 1. The van der Waals surface area contributed by atoms with Crippen LogP contribution >= 0.6 is 0 Å². The second kappa shape index (κ2) is 4.45. The van der Waals surface area contributed by atoms with Gasteiger partial charge in [0.2, 0.25) is 0 Å². The fraction of sp³-hybridized carbons (Fsp3) is 0.176. The Morgan fingerprint density at radius 3 is 2.90 bits per heavy atom. The minimum absolute atomic E-state index is 0.121. The maximum absolute atomic E-state index is 12.8. The van der Waals surface area contributed by atoms with Crippen molar-refractivity contribution >= 4 is 22.8 Å². The molecule has 0 spiro atoms. The van der Waals surface area contributed by atoms with Crippen molar-refractivity contribution in [3.8, 4) is 0 Å². The van der Waals surface area contributed by atoms with Gasteiger partial charge in [-0.05, 0) is 31.9 Å². The lowest BCUT2D eigenvalue weighted by Gasteiger charge is -2.14. The van der Waals surface area contributed by atoms with Crippen molar-refractivity contribution in [2.24, 2.45) is 0 Å². The molecule has 4 rings (SSSR count). The summed E-state index contributed by atoms with van der Waals surface area (Å²) in [5.74, 6) is 0.121. The van der Waals surface area contributed by atoms with E-state index in [2.05, 4.69) is 15.0 Å². The lowest BCUT2D eigenvalue weighted by atomic mass is 9.89. The number of aromatic nitrogens is 3. The molecule has 2 N–H and O–H groups in total. The lowest BCUT2D eigenvalue weighted by molar-refractivity contribution is 0.102. The number of hydrogen-bond donors (Lipinski definition) is 2. The number of hydrogen-bond acceptors (Lipinski definition) is 2. The van der Waals surface area contributed by atoms with Crippen molar-refractivity contribution in [1.29, 1.82) is 0 Å². The number of nitrogens with one attached hydrogen (secondary N) is 2. The van der Waals surface area contributed by atoms with Gasteiger partial charge in [-0.25, -0.2) is 4.98 Å². The number of allylic oxidation sites excluding steroid dienone is 1. The average molecular weight is 277 g/mol. The number of carbonyl (C=O) groups excluding carboxylic acids is 1. The molecule has 1 aromatic carbocycles. The molecule has 1 aliphatic carbocycles. The largest absolute Gasteiger partial charge is 0.358 e. The smallest absolute Gasteiger partial charge is 0.191 e. The summed E-state index contributed by atoms with van der Waals surface area (Å²) in [5.41, 5.74) is 5.59. The van der Waals surface area contributed by atoms with E-state index < -0.39 is 0 Å². The topological polar surface area (TPSA) is 61.5 Å². The van der Waals surface area contributed by atoms with Crippen LogP contribution in [-0.4, -0.2) is 20.7 Å². The number of imidazole rings is 1. The Morgan fingerprint density at radius 1 is 1.24 bits per heavy atom. The van der Waals surface area contributed by atoms with Crippen LogP contribution in [0.3, 0.4) is 0 Å². The van der Waals surface area contributed by atoms with Crippen LogP contribution in [0.5, 0.6) is 0 Å². The molecular formula is C17H15N3O. The molecule has 0 fully saturated rings. The molecule has 2 aromatic heterocycles. The molecule has 0 saturated carbocycles. The number of rotatable bonds is 1. The predicted octanol–water partition coefficient (Wildman–Crippen LogP) is 3.41. The normalized spacial score (nSPS) is 16.6. The molecule has 0 saturated heterocycles. The minimum Gasteiger partial charge on any atom is -0.358 e. The number of aryl methyl sites for hydroxylation is 2. The second-order valence-corrected chi connectivity index (χ2v) is 5.44. The van der Waals surface area contributed by atoms with E-state index in [9.17, 15) is 4.79 Å². The zero-order valence-electron chi connectivity index (χ0n) is 11.7. The zero-order chi connectivity index (χ0) is 14.4. The molecule has 1 aliphatic rings. The first-order valence-electron chi connectivity index (χ1n) is 7.09. The van der Waals surface area contributed by atoms with Crippen LogP contribution in [0.2, 0.25) is 0 Å². The summed E-state index contributed by atoms with van der Waals surface area (Å²) in [6.07, 6.45) is 5.20. The van der Waals surface area contributed by atoms with E-state index in [0.717, 1.165) is 52.0 Å². The summed E-state index contributed by atoms with van der Waals surface area (Å²) < 4.78 is 0. The molecule has 2 heterocycles. The first-order chi connectivity index (χ1) is 10.2. The highest BCUT2D eigenvalue weighted by Crippen LogP contribution is 2.32. The molecule has 0 amide bonds. The van der Waals surface area contributed by atoms with Crippen molar-refractivity contribution < 1.29 is 4.79 Å². The molecule has 0 atom stereocenters. The van der Waals surface area contributed by atoms with Crippen LogP contribution in [0.4, 0.5) is 0 Å². The molecular weight excluding hydrogens is 262 g/mol. The number of ketones is 1. The number of H-pyrrole nitrogens is 2. The summed E-state index contributed by atoms with van der Waals surface area (Å²) in [5, 5.41) is 1.02. The van der Waals surface area contributed by atoms with Crippen molar-refractivity contribution in [1.82, 2.24) is 15.0 Å². The number of fused-ring (bicyclic) bond motifs is 3. The molecule has 3 aromatic rings. The van der Waals surface area contributed by atoms with Gasteiger partial charge < -0.3 is 9.97 Å². The molecule has 4 heteroatoms. The van der Waals surface area contributed by atoms with E-state index in [0.29, 0.717) is 0 Å². The second-order valence-electron chi connectivity index (χ2n) is 5.44. The monoisotopic (exact) mass is 277 g/mol. The highest BCUT2D eigenvalue weighted by atomic mass is 16.1. The number of nitrogens with zero attached hydrogens (tertiary/aromatic N) is 1.